The Morgan fingerprint density at radius 1 is 1.06 bits per heavy atom. The van der Waals surface area contributed by atoms with Crippen molar-refractivity contribution in [3.8, 4) is 11.3 Å². The molecule has 3 aromatic heterocycles. The summed E-state index contributed by atoms with van der Waals surface area (Å²) in [5.41, 5.74) is 3.55. The van der Waals surface area contributed by atoms with Crippen molar-refractivity contribution in [2.24, 2.45) is 0 Å². The van der Waals surface area contributed by atoms with Gasteiger partial charge in [0, 0.05) is 29.5 Å². The van der Waals surface area contributed by atoms with Crippen molar-refractivity contribution < 1.29 is 5.11 Å². The zero-order chi connectivity index (χ0) is 21.2. The van der Waals surface area contributed by atoms with Gasteiger partial charge in [-0.1, -0.05) is 48.7 Å². The van der Waals surface area contributed by atoms with Crippen LogP contribution in [0, 0.1) is 0 Å². The highest BCUT2D eigenvalue weighted by molar-refractivity contribution is 7.16. The molecular weight excluding hydrogens is 430 g/mol. The van der Waals surface area contributed by atoms with Crippen LogP contribution in [0.25, 0.3) is 16.8 Å². The summed E-state index contributed by atoms with van der Waals surface area (Å²) >= 11 is 7.83. The van der Waals surface area contributed by atoms with Crippen molar-refractivity contribution in [1.82, 2.24) is 19.9 Å². The topological polar surface area (TPSA) is 74.5 Å². The number of nitrogens with one attached hydrogen (secondary N) is 2. The summed E-state index contributed by atoms with van der Waals surface area (Å²) in [4.78, 5) is 4.68. The highest BCUT2D eigenvalue weighted by Crippen LogP contribution is 2.37. The van der Waals surface area contributed by atoms with Crippen molar-refractivity contribution in [3.63, 3.8) is 0 Å². The SMILES string of the molecule is OC(NC1CCCCC1Nc1ccccc1)c1nc(-c2cnn3ccccc23)c(Cl)s1. The Balaban J connectivity index is 1.34. The molecular formula is C23H24ClN5OS. The first-order valence-corrected chi connectivity index (χ1v) is 11.7. The summed E-state index contributed by atoms with van der Waals surface area (Å²) in [5, 5.41) is 22.9. The molecule has 1 saturated carbocycles. The predicted molar refractivity (Wildman–Crippen MR) is 126 cm³/mol. The van der Waals surface area contributed by atoms with Gasteiger partial charge in [0.05, 0.1) is 11.7 Å². The summed E-state index contributed by atoms with van der Waals surface area (Å²) in [7, 11) is 0. The second-order valence-electron chi connectivity index (χ2n) is 7.84. The van der Waals surface area contributed by atoms with Crippen LogP contribution in [0.5, 0.6) is 0 Å². The van der Waals surface area contributed by atoms with Crippen molar-refractivity contribution >= 4 is 34.1 Å². The quantitative estimate of drug-likeness (QED) is 0.353. The number of anilines is 1. The normalized spacial score (nSPS) is 20.1. The van der Waals surface area contributed by atoms with Crippen molar-refractivity contribution in [3.05, 3.63) is 70.3 Å². The van der Waals surface area contributed by atoms with E-state index in [1.54, 1.807) is 10.7 Å². The highest BCUT2D eigenvalue weighted by Gasteiger charge is 2.28. The van der Waals surface area contributed by atoms with Crippen LogP contribution in [0.4, 0.5) is 5.69 Å². The number of aliphatic hydroxyl groups excluding tert-OH is 1. The fourth-order valence-electron chi connectivity index (χ4n) is 4.24. The second-order valence-corrected chi connectivity index (χ2v) is 9.47. The molecule has 1 aliphatic carbocycles. The standard InChI is InChI=1S/C23H24ClN5OS/c24-21-20(16-14-25-29-13-7-6-12-19(16)29)28-23(31-21)22(30)27-18-11-5-4-10-17(18)26-15-8-2-1-3-9-15/h1-3,6-9,12-14,17-18,22,26-27,30H,4-5,10-11H2. The smallest absolute Gasteiger partial charge is 0.158 e. The molecule has 3 atom stereocenters. The number of pyridine rings is 1. The van der Waals surface area contributed by atoms with Gasteiger partial charge in [-0.3, -0.25) is 5.32 Å². The molecule has 4 aromatic rings. The number of rotatable bonds is 6. The van der Waals surface area contributed by atoms with Gasteiger partial charge in [-0.15, -0.1) is 11.3 Å². The zero-order valence-corrected chi connectivity index (χ0v) is 18.5. The lowest BCUT2D eigenvalue weighted by atomic mass is 9.90. The van der Waals surface area contributed by atoms with Gasteiger partial charge in [-0.2, -0.15) is 5.10 Å². The molecule has 6 nitrogen and oxygen atoms in total. The van der Waals surface area contributed by atoms with E-state index in [1.165, 1.54) is 17.8 Å². The number of hydrogen-bond donors (Lipinski definition) is 3. The lowest BCUT2D eigenvalue weighted by Gasteiger charge is -2.34. The van der Waals surface area contributed by atoms with E-state index >= 15 is 0 Å². The van der Waals surface area contributed by atoms with Gasteiger partial charge < -0.3 is 10.4 Å². The van der Waals surface area contributed by atoms with Gasteiger partial charge in [0.25, 0.3) is 0 Å². The molecule has 0 spiro atoms. The van der Waals surface area contributed by atoms with E-state index in [4.69, 9.17) is 11.6 Å². The Morgan fingerprint density at radius 3 is 2.68 bits per heavy atom. The number of hydrogen-bond acceptors (Lipinski definition) is 6. The second kappa shape index (κ2) is 8.96. The molecule has 31 heavy (non-hydrogen) atoms. The molecule has 3 N–H and O–H groups in total. The first kappa shape index (κ1) is 20.5. The lowest BCUT2D eigenvalue weighted by Crippen LogP contribution is -2.47. The van der Waals surface area contributed by atoms with E-state index < -0.39 is 6.23 Å². The first-order chi connectivity index (χ1) is 15.2. The Kier molecular flexibility index (Phi) is 5.91. The van der Waals surface area contributed by atoms with E-state index in [1.807, 2.05) is 42.6 Å². The Hall–Kier alpha value is -2.45. The minimum atomic E-state index is -0.874. The summed E-state index contributed by atoms with van der Waals surface area (Å²) < 4.78 is 2.35. The molecule has 1 aliphatic rings. The third-order valence-corrected chi connectivity index (χ3v) is 7.09. The average molecular weight is 454 g/mol. The maximum Gasteiger partial charge on any atom is 0.158 e. The van der Waals surface area contributed by atoms with Gasteiger partial charge in [-0.25, -0.2) is 9.50 Å². The number of fused-ring (bicyclic) bond motifs is 1. The maximum atomic E-state index is 10.9. The molecule has 5 rings (SSSR count). The molecule has 1 aromatic carbocycles. The molecule has 0 bridgehead atoms. The van der Waals surface area contributed by atoms with Crippen LogP contribution in [0.3, 0.4) is 0 Å². The molecule has 0 aliphatic heterocycles. The molecule has 0 radical (unpaired) electrons. The van der Waals surface area contributed by atoms with Crippen LogP contribution in [-0.2, 0) is 0 Å². The minimum Gasteiger partial charge on any atom is -0.381 e. The molecule has 8 heteroatoms. The predicted octanol–water partition coefficient (Wildman–Crippen LogP) is 5.12. The minimum absolute atomic E-state index is 0.145. The molecule has 160 valence electrons. The van der Waals surface area contributed by atoms with Gasteiger partial charge >= 0.3 is 0 Å². The molecule has 0 saturated heterocycles. The van der Waals surface area contributed by atoms with E-state index in [9.17, 15) is 5.11 Å². The van der Waals surface area contributed by atoms with Crippen LogP contribution in [0.2, 0.25) is 4.34 Å². The molecule has 0 amide bonds. The van der Waals surface area contributed by atoms with Crippen molar-refractivity contribution in [2.45, 2.75) is 44.0 Å². The average Bonchev–Trinajstić information content (AvgIpc) is 3.39. The van der Waals surface area contributed by atoms with Crippen molar-refractivity contribution in [1.29, 1.82) is 0 Å². The van der Waals surface area contributed by atoms with Gasteiger partial charge in [0.2, 0.25) is 0 Å². The summed E-state index contributed by atoms with van der Waals surface area (Å²) in [6.45, 7) is 0. The van der Waals surface area contributed by atoms with E-state index in [-0.39, 0.29) is 12.1 Å². The van der Waals surface area contributed by atoms with Gasteiger partial charge in [0.15, 0.2) is 6.23 Å². The number of aliphatic hydroxyl groups is 1. The number of halogens is 1. The highest BCUT2D eigenvalue weighted by atomic mass is 35.5. The van der Waals surface area contributed by atoms with Gasteiger partial charge in [-0.05, 0) is 37.1 Å². The maximum absolute atomic E-state index is 10.9. The van der Waals surface area contributed by atoms with E-state index in [0.717, 1.165) is 36.0 Å². The Bertz CT molecular complexity index is 1160. The lowest BCUT2D eigenvalue weighted by molar-refractivity contribution is 0.110. The molecule has 3 heterocycles. The summed E-state index contributed by atoms with van der Waals surface area (Å²) in [5.74, 6) is 0. The Labute approximate surface area is 189 Å². The van der Waals surface area contributed by atoms with Crippen LogP contribution in [0.1, 0.15) is 36.9 Å². The van der Waals surface area contributed by atoms with Gasteiger partial charge in [0.1, 0.15) is 15.0 Å². The van der Waals surface area contributed by atoms with Crippen LogP contribution >= 0.6 is 22.9 Å². The van der Waals surface area contributed by atoms with E-state index in [2.05, 4.69) is 32.8 Å². The van der Waals surface area contributed by atoms with Crippen LogP contribution in [0.15, 0.2) is 60.9 Å². The third-order valence-electron chi connectivity index (χ3n) is 5.78. The fraction of sp³-hybridized carbons (Fsp3) is 0.304. The number of nitrogens with zero attached hydrogens (tertiary/aromatic N) is 3. The number of benzene rings is 1. The number of para-hydroxylation sites is 1. The monoisotopic (exact) mass is 453 g/mol. The van der Waals surface area contributed by atoms with Crippen molar-refractivity contribution in [2.75, 3.05) is 5.32 Å². The molecule has 3 unspecified atom stereocenters. The largest absolute Gasteiger partial charge is 0.381 e. The third kappa shape index (κ3) is 4.32. The first-order valence-electron chi connectivity index (χ1n) is 10.5. The number of aromatic nitrogens is 3. The number of thiazole rings is 1. The molecule has 1 fully saturated rings. The van der Waals surface area contributed by atoms with Crippen LogP contribution < -0.4 is 10.6 Å². The summed E-state index contributed by atoms with van der Waals surface area (Å²) in [6.07, 6.45) is 7.17. The fourth-order valence-corrected chi connectivity index (χ4v) is 5.38. The Morgan fingerprint density at radius 2 is 1.84 bits per heavy atom. The zero-order valence-electron chi connectivity index (χ0n) is 16.9. The van der Waals surface area contributed by atoms with Crippen LogP contribution in [-0.4, -0.2) is 31.8 Å². The summed E-state index contributed by atoms with van der Waals surface area (Å²) in [6, 6.07) is 16.5. The van der Waals surface area contributed by atoms with E-state index in [0.29, 0.717) is 15.0 Å².